The Kier molecular flexibility index (Phi) is 4.24. The highest BCUT2D eigenvalue weighted by atomic mass is 32.2. The molecule has 0 unspecified atom stereocenters. The minimum atomic E-state index is -3.39. The van der Waals surface area contributed by atoms with Gasteiger partial charge in [0.1, 0.15) is 5.78 Å². The van der Waals surface area contributed by atoms with Gasteiger partial charge in [-0.05, 0) is 25.9 Å². The number of hydrogen-bond donors (Lipinski definition) is 1. The zero-order valence-electron chi connectivity index (χ0n) is 8.98. The fraction of sp³-hybridized carbons (Fsp3) is 0.889. The van der Waals surface area contributed by atoms with Gasteiger partial charge in [-0.1, -0.05) is 6.92 Å². The standard InChI is InChI=1S/C9H18N2O3S/c1-2-8(12)7-11-5-3-9(4-6-11)15(10,13)14/h9H,2-7H2,1H3,(H2,10,13,14). The van der Waals surface area contributed by atoms with Gasteiger partial charge in [0.05, 0.1) is 11.8 Å². The van der Waals surface area contributed by atoms with E-state index in [4.69, 9.17) is 5.14 Å². The number of nitrogens with two attached hydrogens (primary N) is 1. The fourth-order valence-corrected chi connectivity index (χ4v) is 2.63. The lowest BCUT2D eigenvalue weighted by Crippen LogP contribution is -2.43. The first-order valence-corrected chi connectivity index (χ1v) is 6.80. The third-order valence-electron chi connectivity index (χ3n) is 2.79. The zero-order chi connectivity index (χ0) is 11.5. The van der Waals surface area contributed by atoms with E-state index < -0.39 is 15.3 Å². The fourth-order valence-electron chi connectivity index (χ4n) is 1.76. The quantitative estimate of drug-likeness (QED) is 0.725. The van der Waals surface area contributed by atoms with Crippen molar-refractivity contribution < 1.29 is 13.2 Å². The van der Waals surface area contributed by atoms with Crippen molar-refractivity contribution in [3.63, 3.8) is 0 Å². The van der Waals surface area contributed by atoms with Gasteiger partial charge in [0, 0.05) is 6.42 Å². The molecule has 0 aromatic heterocycles. The Morgan fingerprint density at radius 1 is 1.40 bits per heavy atom. The Bertz CT molecular complexity index is 318. The second-order valence-corrected chi connectivity index (χ2v) is 5.80. The maximum absolute atomic E-state index is 11.2. The smallest absolute Gasteiger partial charge is 0.212 e. The molecule has 0 radical (unpaired) electrons. The van der Waals surface area contributed by atoms with Gasteiger partial charge < -0.3 is 0 Å². The highest BCUT2D eigenvalue weighted by Gasteiger charge is 2.27. The van der Waals surface area contributed by atoms with Gasteiger partial charge in [-0.2, -0.15) is 0 Å². The van der Waals surface area contributed by atoms with E-state index in [1.165, 1.54) is 0 Å². The summed E-state index contributed by atoms with van der Waals surface area (Å²) in [5, 5.41) is 4.64. The maximum Gasteiger partial charge on any atom is 0.212 e. The van der Waals surface area contributed by atoms with Crippen LogP contribution < -0.4 is 5.14 Å². The summed E-state index contributed by atoms with van der Waals surface area (Å²) in [4.78, 5) is 13.2. The zero-order valence-corrected chi connectivity index (χ0v) is 9.79. The van der Waals surface area contributed by atoms with Gasteiger partial charge in [-0.25, -0.2) is 13.6 Å². The Balaban J connectivity index is 2.40. The SMILES string of the molecule is CCC(=O)CN1CCC(S(N)(=O)=O)CC1. The molecule has 0 aromatic carbocycles. The molecular weight excluding hydrogens is 216 g/mol. The molecule has 0 saturated carbocycles. The second kappa shape index (κ2) is 5.05. The monoisotopic (exact) mass is 234 g/mol. The number of Topliss-reactive ketones (excluding diaryl/α,β-unsaturated/α-hetero) is 1. The van der Waals surface area contributed by atoms with E-state index in [9.17, 15) is 13.2 Å². The predicted octanol–water partition coefficient (Wildman–Crippen LogP) is -0.282. The summed E-state index contributed by atoms with van der Waals surface area (Å²) in [6, 6.07) is 0. The second-order valence-electron chi connectivity index (χ2n) is 3.96. The molecular formula is C9H18N2O3S. The van der Waals surface area contributed by atoms with Crippen LogP contribution >= 0.6 is 0 Å². The summed E-state index contributed by atoms with van der Waals surface area (Å²) in [5.74, 6) is 0.198. The molecule has 0 atom stereocenters. The van der Waals surface area contributed by atoms with E-state index in [1.807, 2.05) is 11.8 Å². The summed E-state index contributed by atoms with van der Waals surface area (Å²) in [6.45, 7) is 3.56. The van der Waals surface area contributed by atoms with Gasteiger partial charge in [-0.3, -0.25) is 9.69 Å². The first kappa shape index (κ1) is 12.6. The van der Waals surface area contributed by atoms with Crippen LogP contribution in [0.25, 0.3) is 0 Å². The van der Waals surface area contributed by atoms with E-state index in [0.29, 0.717) is 38.9 Å². The molecule has 1 rings (SSSR count). The van der Waals surface area contributed by atoms with Crippen molar-refractivity contribution >= 4 is 15.8 Å². The van der Waals surface area contributed by atoms with Crippen LogP contribution in [0, 0.1) is 0 Å². The summed E-state index contributed by atoms with van der Waals surface area (Å²) < 4.78 is 22.1. The molecule has 0 bridgehead atoms. The molecule has 2 N–H and O–H groups in total. The average Bonchev–Trinajstić information content (AvgIpc) is 2.17. The largest absolute Gasteiger partial charge is 0.298 e. The van der Waals surface area contributed by atoms with Crippen LogP contribution in [0.3, 0.4) is 0 Å². The molecule has 1 aliphatic heterocycles. The van der Waals surface area contributed by atoms with E-state index in [0.717, 1.165) is 0 Å². The Morgan fingerprint density at radius 2 is 1.93 bits per heavy atom. The molecule has 88 valence electrons. The Labute approximate surface area is 90.7 Å². The third-order valence-corrected chi connectivity index (χ3v) is 4.19. The molecule has 15 heavy (non-hydrogen) atoms. The summed E-state index contributed by atoms with van der Waals surface area (Å²) in [7, 11) is -3.39. The van der Waals surface area contributed by atoms with Crippen LogP contribution in [0.4, 0.5) is 0 Å². The van der Waals surface area contributed by atoms with Crippen molar-refractivity contribution in [2.24, 2.45) is 5.14 Å². The first-order valence-electron chi connectivity index (χ1n) is 5.19. The minimum Gasteiger partial charge on any atom is -0.298 e. The summed E-state index contributed by atoms with van der Waals surface area (Å²) >= 11 is 0. The highest BCUT2D eigenvalue weighted by molar-refractivity contribution is 7.89. The van der Waals surface area contributed by atoms with Gasteiger partial charge in [-0.15, -0.1) is 0 Å². The molecule has 0 amide bonds. The summed E-state index contributed by atoms with van der Waals surface area (Å²) in [6.07, 6.45) is 1.61. The molecule has 1 heterocycles. The number of carbonyl (C=O) groups excluding carboxylic acids is 1. The summed E-state index contributed by atoms with van der Waals surface area (Å²) in [5.41, 5.74) is 0. The van der Waals surface area contributed by atoms with Crippen LogP contribution in [-0.2, 0) is 14.8 Å². The van der Waals surface area contributed by atoms with Crippen LogP contribution in [0.15, 0.2) is 0 Å². The van der Waals surface area contributed by atoms with Gasteiger partial charge in [0.2, 0.25) is 10.0 Å². The number of hydrogen-bond acceptors (Lipinski definition) is 4. The number of ketones is 1. The number of primary sulfonamides is 1. The van der Waals surface area contributed by atoms with Crippen molar-refractivity contribution in [3.8, 4) is 0 Å². The molecule has 1 saturated heterocycles. The lowest BCUT2D eigenvalue weighted by atomic mass is 10.1. The van der Waals surface area contributed by atoms with Crippen LogP contribution in [0.1, 0.15) is 26.2 Å². The normalized spacial score (nSPS) is 20.4. The van der Waals surface area contributed by atoms with Crippen molar-refractivity contribution in [3.05, 3.63) is 0 Å². The minimum absolute atomic E-state index is 0.198. The third kappa shape index (κ3) is 3.89. The number of nitrogens with zero attached hydrogens (tertiary/aromatic N) is 1. The lowest BCUT2D eigenvalue weighted by Gasteiger charge is -2.30. The first-order chi connectivity index (χ1) is 6.93. The molecule has 1 aliphatic rings. The van der Waals surface area contributed by atoms with Crippen molar-refractivity contribution in [1.29, 1.82) is 0 Å². The topological polar surface area (TPSA) is 80.5 Å². The number of piperidine rings is 1. The Morgan fingerprint density at radius 3 is 2.33 bits per heavy atom. The lowest BCUT2D eigenvalue weighted by molar-refractivity contribution is -0.120. The van der Waals surface area contributed by atoms with E-state index >= 15 is 0 Å². The van der Waals surface area contributed by atoms with Crippen LogP contribution in [0.5, 0.6) is 0 Å². The van der Waals surface area contributed by atoms with E-state index in [-0.39, 0.29) is 5.78 Å². The number of sulfonamides is 1. The number of rotatable bonds is 4. The predicted molar refractivity (Wildman–Crippen MR) is 57.9 cm³/mol. The maximum atomic E-state index is 11.2. The number of likely N-dealkylation sites (tertiary alicyclic amines) is 1. The molecule has 1 fully saturated rings. The Hall–Kier alpha value is -0.460. The molecule has 0 aliphatic carbocycles. The van der Waals surface area contributed by atoms with Crippen molar-refractivity contribution in [2.75, 3.05) is 19.6 Å². The van der Waals surface area contributed by atoms with E-state index in [2.05, 4.69) is 0 Å². The van der Waals surface area contributed by atoms with Gasteiger partial charge in [0.25, 0.3) is 0 Å². The molecule has 0 spiro atoms. The average molecular weight is 234 g/mol. The number of carbonyl (C=O) groups is 1. The van der Waals surface area contributed by atoms with Crippen molar-refractivity contribution in [2.45, 2.75) is 31.4 Å². The van der Waals surface area contributed by atoms with Crippen molar-refractivity contribution in [1.82, 2.24) is 4.90 Å². The van der Waals surface area contributed by atoms with Gasteiger partial charge in [0.15, 0.2) is 0 Å². The highest BCUT2D eigenvalue weighted by Crippen LogP contribution is 2.15. The molecule has 6 heteroatoms. The van der Waals surface area contributed by atoms with E-state index in [1.54, 1.807) is 0 Å². The van der Waals surface area contributed by atoms with Crippen LogP contribution in [0.2, 0.25) is 0 Å². The molecule has 0 aromatic rings. The van der Waals surface area contributed by atoms with Crippen LogP contribution in [-0.4, -0.2) is 44.0 Å². The van der Waals surface area contributed by atoms with Gasteiger partial charge >= 0.3 is 0 Å². The molecule has 5 nitrogen and oxygen atoms in total.